The Bertz CT molecular complexity index is 1580. The van der Waals surface area contributed by atoms with Crippen LogP contribution in [0.3, 0.4) is 0 Å². The first kappa shape index (κ1) is 31.6. The van der Waals surface area contributed by atoms with Crippen molar-refractivity contribution in [1.82, 2.24) is 0 Å². The van der Waals surface area contributed by atoms with Gasteiger partial charge in [-0.2, -0.15) is 0 Å². The number of aliphatic hydroxyl groups excluding tert-OH is 1. The Morgan fingerprint density at radius 3 is 1.73 bits per heavy atom. The van der Waals surface area contributed by atoms with Gasteiger partial charge >= 0.3 is 17.9 Å². The molecule has 7 N–H and O–H groups in total. The third kappa shape index (κ3) is 7.35. The van der Waals surface area contributed by atoms with Gasteiger partial charge in [0.15, 0.2) is 34.7 Å². The van der Waals surface area contributed by atoms with Gasteiger partial charge in [-0.05, 0) is 59.5 Å². The van der Waals surface area contributed by atoms with Gasteiger partial charge in [0.1, 0.15) is 6.10 Å². The maximum absolute atomic E-state index is 13.0. The van der Waals surface area contributed by atoms with Crippen LogP contribution >= 0.6 is 0 Å². The molecule has 1 aliphatic carbocycles. The van der Waals surface area contributed by atoms with Gasteiger partial charge in [-0.25, -0.2) is 14.4 Å². The van der Waals surface area contributed by atoms with Gasteiger partial charge in [-0.3, -0.25) is 0 Å². The van der Waals surface area contributed by atoms with E-state index in [0.717, 1.165) is 12.2 Å². The number of esters is 2. The number of hydrogen-bond acceptors (Lipinski definition) is 11. The molecule has 4 rings (SSSR count). The monoisotopic (exact) mass is 606 g/mol. The number of rotatable bonds is 9. The van der Waals surface area contributed by atoms with Crippen molar-refractivity contribution in [1.29, 1.82) is 0 Å². The minimum atomic E-state index is -2.59. The number of aliphatic hydroxyl groups is 2. The molecular formula is C32H30O12. The largest absolute Gasteiger partial charge is 0.504 e. The van der Waals surface area contributed by atoms with Gasteiger partial charge in [0.25, 0.3) is 0 Å². The second kappa shape index (κ2) is 13.3. The van der Waals surface area contributed by atoms with Crippen LogP contribution in [0.1, 0.15) is 23.1 Å². The van der Waals surface area contributed by atoms with E-state index < -0.39 is 65.7 Å². The van der Waals surface area contributed by atoms with E-state index in [-0.39, 0.29) is 17.9 Å². The van der Waals surface area contributed by atoms with Crippen molar-refractivity contribution in [3.8, 4) is 23.0 Å². The fraction of sp³-hybridized carbons (Fsp3) is 0.219. The summed E-state index contributed by atoms with van der Waals surface area (Å²) in [4.78, 5) is 38.2. The summed E-state index contributed by atoms with van der Waals surface area (Å²) in [6.45, 7) is 0. The molecule has 3 aromatic rings. The summed E-state index contributed by atoms with van der Waals surface area (Å²) in [5.74, 6) is -6.74. The first-order valence-electron chi connectivity index (χ1n) is 13.4. The summed E-state index contributed by atoms with van der Waals surface area (Å²) < 4.78 is 11.1. The lowest BCUT2D eigenvalue weighted by Gasteiger charge is -2.46. The summed E-state index contributed by atoms with van der Waals surface area (Å²) in [6.07, 6.45) is -1.51. The van der Waals surface area contributed by atoms with Crippen LogP contribution in [0.5, 0.6) is 23.0 Å². The van der Waals surface area contributed by atoms with Crippen LogP contribution in [-0.4, -0.2) is 77.6 Å². The van der Waals surface area contributed by atoms with E-state index >= 15 is 0 Å². The Labute approximate surface area is 251 Å². The number of ether oxygens (including phenoxy) is 2. The van der Waals surface area contributed by atoms with Gasteiger partial charge in [0.2, 0.25) is 0 Å². The zero-order valence-corrected chi connectivity index (χ0v) is 23.1. The predicted octanol–water partition coefficient (Wildman–Crippen LogP) is 2.50. The number of phenols is 4. The Morgan fingerprint density at radius 1 is 0.750 bits per heavy atom. The molecule has 0 radical (unpaired) electrons. The fourth-order valence-corrected chi connectivity index (χ4v) is 4.96. The molecule has 1 aliphatic rings. The number of carboxylic acids is 1. The van der Waals surface area contributed by atoms with Gasteiger partial charge in [0.05, 0.1) is 6.10 Å². The van der Waals surface area contributed by atoms with E-state index in [1.54, 1.807) is 30.3 Å². The standard InChI is InChI=1S/C32H30O12/c33-22-10-6-19(15-24(22)35)8-12-27(38)43-29-21(14-18-4-2-1-3-5-18)32(42,31(40)41)17-26(37)30(29)44-28(39)13-9-20-7-11-23(34)25(36)16-20/h1-13,15-16,21,26,29-30,33-37,42H,14,17H2,(H,40,41)/t21-,26+,29+,30-,32+/m0/s1. The molecule has 0 spiro atoms. The number of carbonyl (C=O) groups is 3. The van der Waals surface area contributed by atoms with Crippen LogP contribution in [0.15, 0.2) is 78.9 Å². The maximum Gasteiger partial charge on any atom is 0.336 e. The summed E-state index contributed by atoms with van der Waals surface area (Å²) in [7, 11) is 0. The average Bonchev–Trinajstić information content (AvgIpc) is 2.98. The molecule has 5 atom stereocenters. The fourth-order valence-electron chi connectivity index (χ4n) is 4.96. The molecule has 0 heterocycles. The SMILES string of the molecule is O=C(C=Cc1ccc(O)c(O)c1)O[C@@H]1[C@H](OC(=O)C=Cc2ccc(O)c(O)c2)[C@H](Cc2ccccc2)[C@@](O)(C(=O)O)C[C@H]1O. The van der Waals surface area contributed by atoms with Gasteiger partial charge in [0, 0.05) is 24.5 Å². The first-order chi connectivity index (χ1) is 20.9. The third-order valence-electron chi connectivity index (χ3n) is 7.23. The van der Waals surface area contributed by atoms with E-state index in [1.807, 2.05) is 0 Å². The summed E-state index contributed by atoms with van der Waals surface area (Å²) >= 11 is 0. The molecular weight excluding hydrogens is 576 g/mol. The van der Waals surface area contributed by atoms with Crippen LogP contribution in [0.4, 0.5) is 0 Å². The molecule has 0 aromatic heterocycles. The Hall–Kier alpha value is -5.33. The summed E-state index contributed by atoms with van der Waals surface area (Å²) in [5.41, 5.74) is -1.40. The van der Waals surface area contributed by atoms with Crippen molar-refractivity contribution in [2.75, 3.05) is 0 Å². The molecule has 1 saturated carbocycles. The van der Waals surface area contributed by atoms with E-state index in [9.17, 15) is 50.1 Å². The second-order valence-corrected chi connectivity index (χ2v) is 10.3. The number of hydrogen-bond donors (Lipinski definition) is 7. The number of aromatic hydroxyl groups is 4. The highest BCUT2D eigenvalue weighted by atomic mass is 16.6. The lowest BCUT2D eigenvalue weighted by Crippen LogP contribution is -2.65. The molecule has 12 nitrogen and oxygen atoms in total. The quantitative estimate of drug-likeness (QED) is 0.106. The van der Waals surface area contributed by atoms with Crippen LogP contribution in [0.25, 0.3) is 12.2 Å². The molecule has 0 saturated heterocycles. The highest BCUT2D eigenvalue weighted by Crippen LogP contribution is 2.40. The molecule has 0 bridgehead atoms. The third-order valence-corrected chi connectivity index (χ3v) is 7.23. The Balaban J connectivity index is 1.66. The van der Waals surface area contributed by atoms with E-state index in [4.69, 9.17) is 9.47 Å². The molecule has 230 valence electrons. The minimum absolute atomic E-state index is 0.138. The number of aliphatic carboxylic acids is 1. The molecule has 0 aliphatic heterocycles. The molecule has 0 amide bonds. The number of carboxylic acid groups (broad SMARTS) is 1. The normalized spacial score (nSPS) is 23.4. The molecule has 12 heteroatoms. The highest BCUT2D eigenvalue weighted by molar-refractivity contribution is 5.88. The lowest BCUT2D eigenvalue weighted by molar-refractivity contribution is -0.223. The number of carbonyl (C=O) groups excluding carboxylic acids is 2. The summed E-state index contributed by atoms with van der Waals surface area (Å²) in [5, 5.41) is 70.7. The van der Waals surface area contributed by atoms with Crippen molar-refractivity contribution in [3.63, 3.8) is 0 Å². The van der Waals surface area contributed by atoms with Gasteiger partial charge in [-0.1, -0.05) is 42.5 Å². The van der Waals surface area contributed by atoms with Crippen molar-refractivity contribution in [2.45, 2.75) is 36.8 Å². The van der Waals surface area contributed by atoms with E-state index in [1.165, 1.54) is 48.6 Å². The van der Waals surface area contributed by atoms with Crippen LogP contribution < -0.4 is 0 Å². The second-order valence-electron chi connectivity index (χ2n) is 10.3. The lowest BCUT2D eigenvalue weighted by atomic mass is 9.68. The number of phenolic OH excluding ortho intramolecular Hbond substituents is 4. The minimum Gasteiger partial charge on any atom is -0.504 e. The van der Waals surface area contributed by atoms with Crippen LogP contribution in [-0.2, 0) is 30.3 Å². The van der Waals surface area contributed by atoms with Crippen molar-refractivity contribution in [3.05, 3.63) is 95.6 Å². The highest BCUT2D eigenvalue weighted by Gasteiger charge is 2.59. The predicted molar refractivity (Wildman–Crippen MR) is 154 cm³/mol. The van der Waals surface area contributed by atoms with Crippen LogP contribution in [0.2, 0.25) is 0 Å². The first-order valence-corrected chi connectivity index (χ1v) is 13.4. The topological polar surface area (TPSA) is 211 Å². The van der Waals surface area contributed by atoms with Crippen molar-refractivity contribution < 1.29 is 59.6 Å². The summed E-state index contributed by atoms with van der Waals surface area (Å²) in [6, 6.07) is 16.0. The molecule has 3 aromatic carbocycles. The van der Waals surface area contributed by atoms with E-state index in [0.29, 0.717) is 16.7 Å². The zero-order chi connectivity index (χ0) is 32.0. The molecule has 1 fully saturated rings. The molecule has 0 unspecified atom stereocenters. The smallest absolute Gasteiger partial charge is 0.336 e. The Kier molecular flexibility index (Phi) is 9.57. The van der Waals surface area contributed by atoms with Gasteiger partial charge in [-0.15, -0.1) is 0 Å². The van der Waals surface area contributed by atoms with Gasteiger partial charge < -0.3 is 45.2 Å². The Morgan fingerprint density at radius 2 is 1.25 bits per heavy atom. The molecule has 44 heavy (non-hydrogen) atoms. The van der Waals surface area contributed by atoms with Crippen molar-refractivity contribution in [2.24, 2.45) is 5.92 Å². The maximum atomic E-state index is 13.0. The van der Waals surface area contributed by atoms with Crippen molar-refractivity contribution >= 4 is 30.1 Å². The number of benzene rings is 3. The van der Waals surface area contributed by atoms with E-state index in [2.05, 4.69) is 0 Å². The van der Waals surface area contributed by atoms with Crippen LogP contribution in [0, 0.1) is 5.92 Å². The zero-order valence-electron chi connectivity index (χ0n) is 23.1. The average molecular weight is 607 g/mol.